The first-order valence-corrected chi connectivity index (χ1v) is 7.92. The molecule has 19 heavy (non-hydrogen) atoms. The van der Waals surface area contributed by atoms with Crippen LogP contribution in [0.4, 0.5) is 0 Å². The molecule has 0 saturated carbocycles. The fourth-order valence-corrected chi connectivity index (χ4v) is 2.98. The van der Waals surface area contributed by atoms with Crippen molar-refractivity contribution in [1.82, 2.24) is 9.97 Å². The molecule has 1 heterocycles. The Bertz CT molecular complexity index is 630. The van der Waals surface area contributed by atoms with E-state index >= 15 is 0 Å². The summed E-state index contributed by atoms with van der Waals surface area (Å²) >= 11 is 19.2. The van der Waals surface area contributed by atoms with Crippen LogP contribution in [0.25, 0.3) is 11.4 Å². The van der Waals surface area contributed by atoms with Gasteiger partial charge in [0.25, 0.3) is 0 Å². The Morgan fingerprint density at radius 2 is 1.79 bits per heavy atom. The zero-order valence-corrected chi connectivity index (χ0v) is 14.9. The molecular weight excluding hydrogens is 415 g/mol. The van der Waals surface area contributed by atoms with Crippen molar-refractivity contribution in [3.8, 4) is 11.4 Å². The highest BCUT2D eigenvalue weighted by Gasteiger charge is 2.16. The van der Waals surface area contributed by atoms with Crippen LogP contribution in [0.15, 0.2) is 27.1 Å². The number of nitrogens with zero attached hydrogens (tertiary/aromatic N) is 2. The molecule has 0 aliphatic carbocycles. The van der Waals surface area contributed by atoms with E-state index in [9.17, 15) is 0 Å². The van der Waals surface area contributed by atoms with Gasteiger partial charge in [0.05, 0.1) is 15.2 Å². The van der Waals surface area contributed by atoms with Crippen molar-refractivity contribution < 1.29 is 0 Å². The molecule has 2 nitrogen and oxygen atoms in total. The summed E-state index contributed by atoms with van der Waals surface area (Å²) in [7, 11) is 0. The van der Waals surface area contributed by atoms with E-state index in [-0.39, 0.29) is 5.92 Å². The Hall–Kier alpha value is -0.160. The quantitative estimate of drug-likeness (QED) is 0.544. The minimum Gasteiger partial charge on any atom is -0.231 e. The van der Waals surface area contributed by atoms with Gasteiger partial charge in [0.2, 0.25) is 0 Å². The molecular formula is C13H10Br2Cl2N2. The Balaban J connectivity index is 2.66. The van der Waals surface area contributed by atoms with Gasteiger partial charge in [-0.25, -0.2) is 9.97 Å². The Morgan fingerprint density at radius 3 is 2.42 bits per heavy atom. The van der Waals surface area contributed by atoms with Crippen LogP contribution in [-0.4, -0.2) is 9.97 Å². The van der Waals surface area contributed by atoms with Gasteiger partial charge in [-0.15, -0.1) is 0 Å². The normalized spacial score (nSPS) is 11.1. The minimum absolute atomic E-state index is 0.236. The number of rotatable bonds is 2. The van der Waals surface area contributed by atoms with Crippen LogP contribution in [0.2, 0.25) is 10.2 Å². The van der Waals surface area contributed by atoms with Crippen LogP contribution in [0, 0.1) is 0 Å². The van der Waals surface area contributed by atoms with Gasteiger partial charge in [0.1, 0.15) is 5.15 Å². The van der Waals surface area contributed by atoms with E-state index in [0.717, 1.165) is 20.2 Å². The standard InChI is InChI=1S/C13H10Br2Cl2N2/c1-6(2)11-10(15)12(17)19-13(18-11)8-5-7(14)3-4-9(8)16/h3-6H,1-2H3. The van der Waals surface area contributed by atoms with Crippen molar-refractivity contribution >= 4 is 55.1 Å². The van der Waals surface area contributed by atoms with Gasteiger partial charge >= 0.3 is 0 Å². The summed E-state index contributed by atoms with van der Waals surface area (Å²) in [6.45, 7) is 4.10. The zero-order valence-electron chi connectivity index (χ0n) is 10.2. The van der Waals surface area contributed by atoms with E-state index in [2.05, 4.69) is 55.7 Å². The molecule has 1 aromatic carbocycles. The summed E-state index contributed by atoms with van der Waals surface area (Å²) in [5.74, 6) is 0.766. The summed E-state index contributed by atoms with van der Waals surface area (Å²) < 4.78 is 1.65. The van der Waals surface area contributed by atoms with Gasteiger partial charge in [-0.1, -0.05) is 53.0 Å². The maximum Gasteiger partial charge on any atom is 0.162 e. The average Bonchev–Trinajstić information content (AvgIpc) is 2.35. The molecule has 0 aliphatic heterocycles. The smallest absolute Gasteiger partial charge is 0.162 e. The highest BCUT2D eigenvalue weighted by atomic mass is 79.9. The molecule has 2 rings (SSSR count). The predicted octanol–water partition coefficient (Wildman–Crippen LogP) is 6.10. The Kier molecular flexibility index (Phi) is 4.88. The summed E-state index contributed by atoms with van der Waals surface area (Å²) in [6.07, 6.45) is 0. The fraction of sp³-hybridized carbons (Fsp3) is 0.231. The monoisotopic (exact) mass is 422 g/mol. The van der Waals surface area contributed by atoms with E-state index in [4.69, 9.17) is 23.2 Å². The Labute approximate surface area is 138 Å². The van der Waals surface area contributed by atoms with Crippen molar-refractivity contribution in [3.63, 3.8) is 0 Å². The average molecular weight is 425 g/mol. The van der Waals surface area contributed by atoms with E-state index in [0.29, 0.717) is 16.0 Å². The molecule has 0 N–H and O–H groups in total. The molecule has 1 aromatic heterocycles. The second-order valence-electron chi connectivity index (χ2n) is 4.32. The lowest BCUT2D eigenvalue weighted by Crippen LogP contribution is -2.00. The molecule has 0 aliphatic rings. The van der Waals surface area contributed by atoms with Gasteiger partial charge in [-0.2, -0.15) is 0 Å². The second-order valence-corrected chi connectivity index (χ2v) is 6.79. The maximum atomic E-state index is 6.20. The Morgan fingerprint density at radius 1 is 1.11 bits per heavy atom. The lowest BCUT2D eigenvalue weighted by Gasteiger charge is -2.11. The first-order valence-electron chi connectivity index (χ1n) is 5.58. The van der Waals surface area contributed by atoms with Crippen LogP contribution < -0.4 is 0 Å². The van der Waals surface area contributed by atoms with E-state index in [1.165, 1.54) is 0 Å². The van der Waals surface area contributed by atoms with Crippen LogP contribution >= 0.6 is 55.1 Å². The fourth-order valence-electron chi connectivity index (χ4n) is 1.61. The third-order valence-electron chi connectivity index (χ3n) is 2.55. The number of aromatic nitrogens is 2. The molecule has 0 amide bonds. The van der Waals surface area contributed by atoms with Crippen molar-refractivity contribution in [3.05, 3.63) is 43.0 Å². The van der Waals surface area contributed by atoms with Crippen LogP contribution in [-0.2, 0) is 0 Å². The molecule has 0 saturated heterocycles. The van der Waals surface area contributed by atoms with Crippen molar-refractivity contribution in [1.29, 1.82) is 0 Å². The lowest BCUT2D eigenvalue weighted by molar-refractivity contribution is 0.809. The van der Waals surface area contributed by atoms with Gasteiger partial charge in [-0.3, -0.25) is 0 Å². The third-order valence-corrected chi connectivity index (χ3v) is 4.66. The van der Waals surface area contributed by atoms with E-state index in [1.54, 1.807) is 6.07 Å². The first-order chi connectivity index (χ1) is 8.90. The van der Waals surface area contributed by atoms with Crippen molar-refractivity contribution in [2.24, 2.45) is 0 Å². The molecule has 0 spiro atoms. The minimum atomic E-state index is 0.236. The molecule has 0 fully saturated rings. The van der Waals surface area contributed by atoms with Gasteiger partial charge in [0.15, 0.2) is 5.82 Å². The van der Waals surface area contributed by atoms with Crippen molar-refractivity contribution in [2.45, 2.75) is 19.8 Å². The van der Waals surface area contributed by atoms with Crippen LogP contribution in [0.3, 0.4) is 0 Å². The van der Waals surface area contributed by atoms with Crippen LogP contribution in [0.5, 0.6) is 0 Å². The molecule has 0 unspecified atom stereocenters. The lowest BCUT2D eigenvalue weighted by atomic mass is 10.1. The molecule has 0 radical (unpaired) electrons. The molecule has 100 valence electrons. The van der Waals surface area contributed by atoms with E-state index in [1.807, 2.05) is 12.1 Å². The molecule has 6 heteroatoms. The largest absolute Gasteiger partial charge is 0.231 e. The van der Waals surface area contributed by atoms with Crippen LogP contribution in [0.1, 0.15) is 25.5 Å². The highest BCUT2D eigenvalue weighted by Crippen LogP contribution is 2.34. The third kappa shape index (κ3) is 3.30. The SMILES string of the molecule is CC(C)c1nc(-c2cc(Br)ccc2Cl)nc(Cl)c1Br. The maximum absolute atomic E-state index is 6.20. The molecule has 0 atom stereocenters. The summed E-state index contributed by atoms with van der Waals surface area (Å²) in [5, 5.41) is 0.987. The highest BCUT2D eigenvalue weighted by molar-refractivity contribution is 9.10. The van der Waals surface area contributed by atoms with Gasteiger partial charge in [-0.05, 0) is 40.0 Å². The van der Waals surface area contributed by atoms with Gasteiger partial charge < -0.3 is 0 Å². The summed E-state index contributed by atoms with van der Waals surface area (Å²) in [5.41, 5.74) is 1.62. The topological polar surface area (TPSA) is 25.8 Å². The first kappa shape index (κ1) is 15.2. The van der Waals surface area contributed by atoms with Gasteiger partial charge in [0, 0.05) is 10.0 Å². The number of hydrogen-bond donors (Lipinski definition) is 0. The van der Waals surface area contributed by atoms with Crippen molar-refractivity contribution in [2.75, 3.05) is 0 Å². The zero-order chi connectivity index (χ0) is 14.2. The second kappa shape index (κ2) is 6.08. The number of hydrogen-bond acceptors (Lipinski definition) is 2. The van der Waals surface area contributed by atoms with E-state index < -0.39 is 0 Å². The predicted molar refractivity (Wildman–Crippen MR) is 87.0 cm³/mol. The number of benzene rings is 1. The summed E-state index contributed by atoms with van der Waals surface area (Å²) in [4.78, 5) is 8.85. The molecule has 2 aromatic rings. The molecule has 0 bridgehead atoms. The number of halogens is 4. The summed E-state index contributed by atoms with van der Waals surface area (Å²) in [6, 6.07) is 5.55.